The van der Waals surface area contributed by atoms with E-state index in [4.69, 9.17) is 23.2 Å². The molecular weight excluding hydrogens is 295 g/mol. The minimum absolute atomic E-state index is 0.00793. The van der Waals surface area contributed by atoms with Crippen LogP contribution < -0.4 is 5.32 Å². The molecule has 20 heavy (non-hydrogen) atoms. The summed E-state index contributed by atoms with van der Waals surface area (Å²) in [5, 5.41) is 4.35. The van der Waals surface area contributed by atoms with E-state index in [9.17, 15) is 4.79 Å². The first-order valence-corrected chi connectivity index (χ1v) is 7.82. The molecule has 1 fully saturated rings. The average molecular weight is 315 g/mol. The number of piperidine rings is 1. The zero-order valence-electron chi connectivity index (χ0n) is 11.7. The van der Waals surface area contributed by atoms with E-state index in [1.165, 1.54) is 0 Å². The van der Waals surface area contributed by atoms with Crippen molar-refractivity contribution in [2.45, 2.75) is 19.8 Å². The van der Waals surface area contributed by atoms with Crippen molar-refractivity contribution in [3.05, 3.63) is 33.8 Å². The van der Waals surface area contributed by atoms with E-state index in [0.29, 0.717) is 21.5 Å². The zero-order chi connectivity index (χ0) is 14.5. The van der Waals surface area contributed by atoms with Crippen molar-refractivity contribution in [2.75, 3.05) is 26.2 Å². The predicted molar refractivity (Wildman–Crippen MR) is 83.6 cm³/mol. The second kappa shape index (κ2) is 7.30. The Hall–Kier alpha value is -0.770. The van der Waals surface area contributed by atoms with E-state index in [-0.39, 0.29) is 5.91 Å². The quantitative estimate of drug-likeness (QED) is 0.923. The van der Waals surface area contributed by atoms with Crippen LogP contribution in [0.3, 0.4) is 0 Å². The SMILES string of the molecule is CCNCC1CCN(C(=O)c2ccc(Cl)cc2Cl)CC1. The molecule has 0 saturated carbocycles. The number of benzene rings is 1. The van der Waals surface area contributed by atoms with Gasteiger partial charge in [-0.05, 0) is 50.0 Å². The highest BCUT2D eigenvalue weighted by molar-refractivity contribution is 6.36. The molecule has 1 saturated heterocycles. The molecule has 2 rings (SSSR count). The van der Waals surface area contributed by atoms with Gasteiger partial charge >= 0.3 is 0 Å². The molecule has 110 valence electrons. The van der Waals surface area contributed by atoms with Crippen molar-refractivity contribution >= 4 is 29.1 Å². The smallest absolute Gasteiger partial charge is 0.255 e. The average Bonchev–Trinajstić information content (AvgIpc) is 2.45. The fourth-order valence-corrected chi connectivity index (χ4v) is 3.01. The molecule has 1 heterocycles. The molecule has 3 nitrogen and oxygen atoms in total. The molecule has 1 amide bonds. The number of rotatable bonds is 4. The molecule has 1 aliphatic heterocycles. The fourth-order valence-electron chi connectivity index (χ4n) is 2.52. The van der Waals surface area contributed by atoms with Gasteiger partial charge in [0.15, 0.2) is 0 Å². The van der Waals surface area contributed by atoms with Crippen molar-refractivity contribution in [3.63, 3.8) is 0 Å². The molecule has 0 aliphatic carbocycles. The summed E-state index contributed by atoms with van der Waals surface area (Å²) < 4.78 is 0. The summed E-state index contributed by atoms with van der Waals surface area (Å²) in [5.41, 5.74) is 0.543. The molecule has 0 atom stereocenters. The van der Waals surface area contributed by atoms with Crippen LogP contribution in [0.25, 0.3) is 0 Å². The lowest BCUT2D eigenvalue weighted by molar-refractivity contribution is 0.0690. The third-order valence-corrected chi connectivity index (χ3v) is 4.29. The second-order valence-corrected chi connectivity index (χ2v) is 6.01. The van der Waals surface area contributed by atoms with Crippen LogP contribution in [0, 0.1) is 5.92 Å². The van der Waals surface area contributed by atoms with Gasteiger partial charge in [-0.2, -0.15) is 0 Å². The van der Waals surface area contributed by atoms with Gasteiger partial charge in [0.1, 0.15) is 0 Å². The predicted octanol–water partition coefficient (Wildman–Crippen LogP) is 3.46. The maximum Gasteiger partial charge on any atom is 0.255 e. The molecular formula is C15H20Cl2N2O. The highest BCUT2D eigenvalue weighted by atomic mass is 35.5. The van der Waals surface area contributed by atoms with Crippen LogP contribution >= 0.6 is 23.2 Å². The Balaban J connectivity index is 1.94. The van der Waals surface area contributed by atoms with Gasteiger partial charge in [-0.1, -0.05) is 30.1 Å². The summed E-state index contributed by atoms with van der Waals surface area (Å²) in [7, 11) is 0. The van der Waals surface area contributed by atoms with Gasteiger partial charge < -0.3 is 10.2 Å². The summed E-state index contributed by atoms with van der Waals surface area (Å²) >= 11 is 12.0. The highest BCUT2D eigenvalue weighted by Crippen LogP contribution is 2.24. The summed E-state index contributed by atoms with van der Waals surface area (Å²) in [5.74, 6) is 0.674. The van der Waals surface area contributed by atoms with E-state index in [2.05, 4.69) is 12.2 Å². The van der Waals surface area contributed by atoms with Crippen LogP contribution in [0.2, 0.25) is 10.0 Å². The van der Waals surface area contributed by atoms with Crippen LogP contribution in [0.5, 0.6) is 0 Å². The Morgan fingerprint density at radius 3 is 2.65 bits per heavy atom. The van der Waals surface area contributed by atoms with E-state index >= 15 is 0 Å². The standard InChI is InChI=1S/C15H20Cl2N2O/c1-2-18-10-11-5-7-19(8-6-11)15(20)13-4-3-12(16)9-14(13)17/h3-4,9,11,18H,2,5-8,10H2,1H3. The van der Waals surface area contributed by atoms with Crippen molar-refractivity contribution in [1.82, 2.24) is 10.2 Å². The lowest BCUT2D eigenvalue weighted by atomic mass is 9.96. The van der Waals surface area contributed by atoms with Crippen molar-refractivity contribution in [2.24, 2.45) is 5.92 Å². The lowest BCUT2D eigenvalue weighted by Crippen LogP contribution is -2.40. The Kier molecular flexibility index (Phi) is 5.70. The van der Waals surface area contributed by atoms with Gasteiger partial charge in [0, 0.05) is 18.1 Å². The van der Waals surface area contributed by atoms with E-state index in [1.807, 2.05) is 4.90 Å². The van der Waals surface area contributed by atoms with Crippen LogP contribution in [0.15, 0.2) is 18.2 Å². The van der Waals surface area contributed by atoms with Crippen LogP contribution in [-0.2, 0) is 0 Å². The van der Waals surface area contributed by atoms with Gasteiger partial charge in [0.2, 0.25) is 0 Å². The summed E-state index contributed by atoms with van der Waals surface area (Å²) in [6.45, 7) is 5.75. The zero-order valence-corrected chi connectivity index (χ0v) is 13.2. The normalized spacial score (nSPS) is 16.4. The van der Waals surface area contributed by atoms with E-state index < -0.39 is 0 Å². The van der Waals surface area contributed by atoms with Crippen LogP contribution in [0.4, 0.5) is 0 Å². The maximum absolute atomic E-state index is 12.4. The first-order valence-electron chi connectivity index (χ1n) is 7.07. The molecule has 0 spiro atoms. The number of hydrogen-bond donors (Lipinski definition) is 1. The molecule has 0 aromatic heterocycles. The third kappa shape index (κ3) is 3.87. The Labute approximate surface area is 130 Å². The topological polar surface area (TPSA) is 32.3 Å². The number of nitrogens with one attached hydrogen (secondary N) is 1. The van der Waals surface area contributed by atoms with Crippen molar-refractivity contribution in [3.8, 4) is 0 Å². The number of halogens is 2. The van der Waals surface area contributed by atoms with Gasteiger partial charge in [-0.15, -0.1) is 0 Å². The lowest BCUT2D eigenvalue weighted by Gasteiger charge is -2.32. The molecule has 1 aromatic carbocycles. The van der Waals surface area contributed by atoms with Crippen LogP contribution in [0.1, 0.15) is 30.1 Å². The fraction of sp³-hybridized carbons (Fsp3) is 0.533. The molecule has 5 heteroatoms. The Morgan fingerprint density at radius 2 is 2.05 bits per heavy atom. The summed E-state index contributed by atoms with van der Waals surface area (Å²) in [6.07, 6.45) is 2.09. The number of carbonyl (C=O) groups is 1. The first-order chi connectivity index (χ1) is 9.61. The molecule has 0 bridgehead atoms. The summed E-state index contributed by atoms with van der Waals surface area (Å²) in [6, 6.07) is 5.03. The monoisotopic (exact) mass is 314 g/mol. The van der Waals surface area contributed by atoms with Gasteiger partial charge in [0.05, 0.1) is 10.6 Å². The summed E-state index contributed by atoms with van der Waals surface area (Å²) in [4.78, 5) is 14.3. The highest BCUT2D eigenvalue weighted by Gasteiger charge is 2.24. The Morgan fingerprint density at radius 1 is 1.35 bits per heavy atom. The minimum Gasteiger partial charge on any atom is -0.339 e. The van der Waals surface area contributed by atoms with E-state index in [0.717, 1.165) is 39.0 Å². The second-order valence-electron chi connectivity index (χ2n) is 5.17. The maximum atomic E-state index is 12.4. The first kappa shape index (κ1) is 15.6. The van der Waals surface area contributed by atoms with Gasteiger partial charge in [0.25, 0.3) is 5.91 Å². The molecule has 0 unspecified atom stereocenters. The van der Waals surface area contributed by atoms with Crippen molar-refractivity contribution < 1.29 is 4.79 Å². The molecule has 1 N–H and O–H groups in total. The number of amides is 1. The number of hydrogen-bond acceptors (Lipinski definition) is 2. The van der Waals surface area contributed by atoms with Crippen LogP contribution in [-0.4, -0.2) is 37.0 Å². The molecule has 0 radical (unpaired) electrons. The minimum atomic E-state index is 0.00793. The number of nitrogens with zero attached hydrogens (tertiary/aromatic N) is 1. The van der Waals surface area contributed by atoms with Gasteiger partial charge in [-0.3, -0.25) is 4.79 Å². The molecule has 1 aromatic rings. The Bertz CT molecular complexity index is 471. The number of likely N-dealkylation sites (tertiary alicyclic amines) is 1. The largest absolute Gasteiger partial charge is 0.339 e. The third-order valence-electron chi connectivity index (χ3n) is 3.75. The number of carbonyl (C=O) groups excluding carboxylic acids is 1. The van der Waals surface area contributed by atoms with Crippen molar-refractivity contribution in [1.29, 1.82) is 0 Å². The van der Waals surface area contributed by atoms with Gasteiger partial charge in [-0.25, -0.2) is 0 Å². The molecule has 1 aliphatic rings. The van der Waals surface area contributed by atoms with E-state index in [1.54, 1.807) is 18.2 Å².